The van der Waals surface area contributed by atoms with Crippen LogP contribution in [0.25, 0.3) is 0 Å². The molecule has 0 bridgehead atoms. The van der Waals surface area contributed by atoms with Gasteiger partial charge < -0.3 is 14.6 Å². The molecule has 6 nitrogen and oxygen atoms in total. The summed E-state index contributed by atoms with van der Waals surface area (Å²) < 4.78 is 20.5. The Morgan fingerprint density at radius 3 is 2.34 bits per heavy atom. The Hall–Kier alpha value is -2.71. The van der Waals surface area contributed by atoms with E-state index in [1.54, 1.807) is 31.0 Å². The minimum absolute atomic E-state index is 0.141. The summed E-state index contributed by atoms with van der Waals surface area (Å²) in [5, 5.41) is 12.5. The first-order valence-electron chi connectivity index (χ1n) is 10.6. The van der Waals surface area contributed by atoms with Crippen LogP contribution in [-0.2, 0) is 17.0 Å². The predicted molar refractivity (Wildman–Crippen MR) is 124 cm³/mol. The minimum atomic E-state index is -0.291. The number of ether oxygens (including phenoxy) is 1. The van der Waals surface area contributed by atoms with Crippen LogP contribution in [0.15, 0.2) is 53.7 Å². The van der Waals surface area contributed by atoms with Gasteiger partial charge in [0.1, 0.15) is 11.6 Å². The van der Waals surface area contributed by atoms with Crippen molar-refractivity contribution in [3.63, 3.8) is 0 Å². The first-order chi connectivity index (χ1) is 15.4. The summed E-state index contributed by atoms with van der Waals surface area (Å²) in [6.45, 7) is 7.25. The number of rotatable bonds is 10. The Labute approximate surface area is 192 Å². The Morgan fingerprint density at radius 1 is 1.06 bits per heavy atom. The molecule has 0 unspecified atom stereocenters. The zero-order chi connectivity index (χ0) is 23.1. The summed E-state index contributed by atoms with van der Waals surface area (Å²) in [4.78, 5) is 12.4. The molecule has 8 heteroatoms. The van der Waals surface area contributed by atoms with Crippen LogP contribution >= 0.6 is 11.8 Å². The number of hydrogen-bond donors (Lipinski definition) is 1. The zero-order valence-corrected chi connectivity index (χ0v) is 19.7. The Kier molecular flexibility index (Phi) is 8.41. The molecule has 1 N–H and O–H groups in total. The standard InChI is InChI=1S/C24H29FN4O2S/c1-16(2)22-27-28-24(29(22)17(3)14-31-4)32-15-19-5-9-20(10-6-19)23(30)26-13-18-7-11-21(25)12-8-18/h5-12,16-17H,13-15H2,1-4H3,(H,26,30)/t17-/m1/s1. The average molecular weight is 457 g/mol. The molecule has 0 fully saturated rings. The highest BCUT2D eigenvalue weighted by molar-refractivity contribution is 7.98. The van der Waals surface area contributed by atoms with E-state index in [1.165, 1.54) is 12.1 Å². The lowest BCUT2D eigenvalue weighted by molar-refractivity contribution is 0.0951. The number of hydrogen-bond acceptors (Lipinski definition) is 5. The van der Waals surface area contributed by atoms with Crippen molar-refractivity contribution in [3.8, 4) is 0 Å². The number of aromatic nitrogens is 3. The van der Waals surface area contributed by atoms with Crippen molar-refractivity contribution in [3.05, 3.63) is 76.9 Å². The first-order valence-corrected chi connectivity index (χ1v) is 11.6. The van der Waals surface area contributed by atoms with Gasteiger partial charge in [0.05, 0.1) is 12.6 Å². The smallest absolute Gasteiger partial charge is 0.251 e. The van der Waals surface area contributed by atoms with Crippen LogP contribution in [0.4, 0.5) is 4.39 Å². The number of benzene rings is 2. The molecule has 3 aromatic rings. The summed E-state index contributed by atoms with van der Waals surface area (Å²) in [7, 11) is 1.69. The van der Waals surface area contributed by atoms with Gasteiger partial charge in [-0.3, -0.25) is 4.79 Å². The number of thioether (sulfide) groups is 1. The van der Waals surface area contributed by atoms with E-state index in [1.807, 2.05) is 24.3 Å². The van der Waals surface area contributed by atoms with Gasteiger partial charge in [-0.15, -0.1) is 10.2 Å². The monoisotopic (exact) mass is 456 g/mol. The van der Waals surface area contributed by atoms with Crippen molar-refractivity contribution in [2.45, 2.75) is 50.2 Å². The fourth-order valence-electron chi connectivity index (χ4n) is 3.30. The molecule has 0 saturated carbocycles. The molecule has 0 aliphatic carbocycles. The number of halogens is 1. The fourth-order valence-corrected chi connectivity index (χ4v) is 4.30. The lowest BCUT2D eigenvalue weighted by Gasteiger charge is -2.18. The third kappa shape index (κ3) is 6.17. The third-order valence-corrected chi connectivity index (χ3v) is 6.02. The quantitative estimate of drug-likeness (QED) is 0.436. The van der Waals surface area contributed by atoms with Crippen LogP contribution in [0.5, 0.6) is 0 Å². The molecule has 3 rings (SSSR count). The lowest BCUT2D eigenvalue weighted by Crippen LogP contribution is -2.22. The Bertz CT molecular complexity index is 1020. The Morgan fingerprint density at radius 2 is 1.72 bits per heavy atom. The molecule has 0 spiro atoms. The second-order valence-corrected chi connectivity index (χ2v) is 8.91. The Balaban J connectivity index is 1.60. The van der Waals surface area contributed by atoms with E-state index in [0.717, 1.165) is 22.1 Å². The van der Waals surface area contributed by atoms with E-state index in [-0.39, 0.29) is 23.7 Å². The lowest BCUT2D eigenvalue weighted by atomic mass is 10.1. The normalized spacial score (nSPS) is 12.2. The summed E-state index contributed by atoms with van der Waals surface area (Å²) >= 11 is 1.62. The summed E-state index contributed by atoms with van der Waals surface area (Å²) in [5.41, 5.74) is 2.52. The van der Waals surface area contributed by atoms with Crippen molar-refractivity contribution in [1.29, 1.82) is 0 Å². The molecule has 2 aromatic carbocycles. The number of carbonyl (C=O) groups is 1. The van der Waals surface area contributed by atoms with E-state index in [2.05, 4.69) is 40.9 Å². The number of methoxy groups -OCH3 is 1. The maximum absolute atomic E-state index is 13.0. The van der Waals surface area contributed by atoms with E-state index in [4.69, 9.17) is 4.74 Å². The minimum Gasteiger partial charge on any atom is -0.383 e. The predicted octanol–water partition coefficient (Wildman–Crippen LogP) is 4.97. The van der Waals surface area contributed by atoms with E-state index < -0.39 is 0 Å². The van der Waals surface area contributed by atoms with E-state index in [9.17, 15) is 9.18 Å². The maximum Gasteiger partial charge on any atom is 0.251 e. The van der Waals surface area contributed by atoms with Crippen molar-refractivity contribution in [1.82, 2.24) is 20.1 Å². The van der Waals surface area contributed by atoms with Gasteiger partial charge in [-0.1, -0.05) is 49.9 Å². The van der Waals surface area contributed by atoms with Crippen LogP contribution < -0.4 is 5.32 Å². The molecule has 0 radical (unpaired) electrons. The molecule has 0 saturated heterocycles. The molecule has 1 aromatic heterocycles. The topological polar surface area (TPSA) is 69.0 Å². The van der Waals surface area contributed by atoms with Crippen LogP contribution in [0.1, 0.15) is 60.0 Å². The van der Waals surface area contributed by atoms with Gasteiger partial charge in [-0.2, -0.15) is 0 Å². The molecule has 1 amide bonds. The van der Waals surface area contributed by atoms with Gasteiger partial charge in [-0.05, 0) is 42.3 Å². The summed E-state index contributed by atoms with van der Waals surface area (Å²) in [6, 6.07) is 13.7. The zero-order valence-electron chi connectivity index (χ0n) is 18.8. The first kappa shape index (κ1) is 23.9. The number of carbonyl (C=O) groups excluding carboxylic acids is 1. The van der Waals surface area contributed by atoms with Crippen LogP contribution in [-0.4, -0.2) is 34.4 Å². The number of nitrogens with one attached hydrogen (secondary N) is 1. The summed E-state index contributed by atoms with van der Waals surface area (Å²) in [6.07, 6.45) is 0. The van der Waals surface area contributed by atoms with E-state index in [0.29, 0.717) is 24.5 Å². The molecular formula is C24H29FN4O2S. The van der Waals surface area contributed by atoms with Gasteiger partial charge in [0.15, 0.2) is 5.16 Å². The fraction of sp³-hybridized carbons (Fsp3) is 0.375. The second-order valence-electron chi connectivity index (χ2n) is 7.96. The SMILES string of the molecule is COC[C@@H](C)n1c(SCc2ccc(C(=O)NCc3ccc(F)cc3)cc2)nnc1C(C)C. The largest absolute Gasteiger partial charge is 0.383 e. The third-order valence-electron chi connectivity index (χ3n) is 5.01. The van der Waals surface area contributed by atoms with Crippen LogP contribution in [0, 0.1) is 5.82 Å². The van der Waals surface area contributed by atoms with Crippen molar-refractivity contribution in [2.24, 2.45) is 0 Å². The van der Waals surface area contributed by atoms with Crippen molar-refractivity contribution >= 4 is 17.7 Å². The van der Waals surface area contributed by atoms with E-state index >= 15 is 0 Å². The van der Waals surface area contributed by atoms with Crippen molar-refractivity contribution < 1.29 is 13.9 Å². The van der Waals surface area contributed by atoms with Gasteiger partial charge >= 0.3 is 0 Å². The highest BCUT2D eigenvalue weighted by Crippen LogP contribution is 2.28. The number of nitrogens with zero attached hydrogens (tertiary/aromatic N) is 3. The molecular weight excluding hydrogens is 427 g/mol. The summed E-state index contributed by atoms with van der Waals surface area (Å²) in [5.74, 6) is 1.48. The van der Waals surface area contributed by atoms with Gasteiger partial charge in [-0.25, -0.2) is 4.39 Å². The van der Waals surface area contributed by atoms with Gasteiger partial charge in [0, 0.05) is 30.9 Å². The maximum atomic E-state index is 13.0. The molecule has 0 aliphatic heterocycles. The van der Waals surface area contributed by atoms with Crippen LogP contribution in [0.3, 0.4) is 0 Å². The molecule has 1 atom stereocenters. The number of amides is 1. The van der Waals surface area contributed by atoms with Crippen LogP contribution in [0.2, 0.25) is 0 Å². The molecule has 0 aliphatic rings. The molecule has 170 valence electrons. The molecule has 1 heterocycles. The van der Waals surface area contributed by atoms with Gasteiger partial charge in [0.2, 0.25) is 0 Å². The highest BCUT2D eigenvalue weighted by Gasteiger charge is 2.20. The molecule has 32 heavy (non-hydrogen) atoms. The van der Waals surface area contributed by atoms with Gasteiger partial charge in [0.25, 0.3) is 5.91 Å². The second kappa shape index (κ2) is 11.2. The van der Waals surface area contributed by atoms with Crippen molar-refractivity contribution in [2.75, 3.05) is 13.7 Å². The highest BCUT2D eigenvalue weighted by atomic mass is 32.2. The average Bonchev–Trinajstić information content (AvgIpc) is 3.22.